The Morgan fingerprint density at radius 1 is 0.969 bits per heavy atom. The lowest BCUT2D eigenvalue weighted by atomic mass is 10.0. The fraction of sp³-hybridized carbons (Fsp3) is 0.333. The first-order chi connectivity index (χ1) is 15.5. The van der Waals surface area contributed by atoms with Crippen LogP contribution in [-0.4, -0.2) is 47.8 Å². The maximum absolute atomic E-state index is 13.1. The second-order valence-corrected chi connectivity index (χ2v) is 7.68. The van der Waals surface area contributed by atoms with E-state index in [0.717, 1.165) is 29.1 Å². The summed E-state index contributed by atoms with van der Waals surface area (Å²) >= 11 is 0. The van der Waals surface area contributed by atoms with Crippen LogP contribution >= 0.6 is 0 Å². The van der Waals surface area contributed by atoms with E-state index in [9.17, 15) is 19.2 Å². The Balaban J connectivity index is 0.00000306. The van der Waals surface area contributed by atoms with Crippen molar-refractivity contribution in [3.05, 3.63) is 59.2 Å². The highest BCUT2D eigenvalue weighted by Gasteiger charge is 2.45. The number of aryl methyl sites for hydroxylation is 1. The van der Waals surface area contributed by atoms with Crippen LogP contribution in [0.5, 0.6) is 11.5 Å². The Morgan fingerprint density at radius 2 is 1.69 bits per heavy atom. The predicted octanol–water partition coefficient (Wildman–Crippen LogP) is 2.74. The number of hydrogen-bond donors (Lipinski definition) is 1. The van der Waals surface area contributed by atoms with Gasteiger partial charge in [0.2, 0.25) is 11.8 Å². The van der Waals surface area contributed by atoms with Crippen LogP contribution in [-0.2, 0) is 16.0 Å². The molecule has 4 amide bonds. The number of nitrogens with one attached hydrogen (secondary N) is 1. The minimum absolute atomic E-state index is 0. The number of rotatable bonds is 8. The summed E-state index contributed by atoms with van der Waals surface area (Å²) in [4.78, 5) is 50.5. The van der Waals surface area contributed by atoms with Gasteiger partial charge in [0, 0.05) is 7.85 Å². The largest absolute Gasteiger partial charge is 0.490 e. The number of amides is 4. The van der Waals surface area contributed by atoms with Gasteiger partial charge in [-0.3, -0.25) is 29.4 Å². The summed E-state index contributed by atoms with van der Waals surface area (Å²) in [6.07, 6.45) is 2.10. The average Bonchev–Trinajstić information content (AvgIpc) is 3.03. The molecular formula is C24H26N2O6. The van der Waals surface area contributed by atoms with Crippen LogP contribution in [0, 0.1) is 0 Å². The zero-order valence-corrected chi connectivity index (χ0v) is 17.8. The summed E-state index contributed by atoms with van der Waals surface area (Å²) in [6.45, 7) is 2.55. The first-order valence-electron chi connectivity index (χ1n) is 10.7. The Hall–Kier alpha value is -3.68. The second-order valence-electron chi connectivity index (χ2n) is 7.68. The quantitative estimate of drug-likeness (QED) is 0.502. The van der Waals surface area contributed by atoms with Gasteiger partial charge in [-0.15, -0.1) is 0 Å². The van der Waals surface area contributed by atoms with E-state index < -0.39 is 29.7 Å². The molecule has 8 heteroatoms. The molecule has 1 unspecified atom stereocenters. The molecular weight excluding hydrogens is 412 g/mol. The molecule has 0 saturated carbocycles. The lowest BCUT2D eigenvalue weighted by molar-refractivity contribution is -0.136. The summed E-state index contributed by atoms with van der Waals surface area (Å²) in [5.74, 6) is -1.14. The van der Waals surface area contributed by atoms with Gasteiger partial charge in [-0.05, 0) is 36.6 Å². The smallest absolute Gasteiger partial charge is 0.266 e. The first-order valence-corrected chi connectivity index (χ1v) is 10.7. The van der Waals surface area contributed by atoms with Crippen LogP contribution in [0.1, 0.15) is 53.9 Å². The third-order valence-corrected chi connectivity index (χ3v) is 5.52. The fourth-order valence-corrected chi connectivity index (χ4v) is 4.03. The standard InChI is InChI=1S/C24H24N2O6.H2/c1-2-6-15-7-3-4-9-18(15)31-13-14-32-19-10-5-8-16-21(19)24(30)26(23(16)29)17-11-12-20(27)25-22(17)28;/h3-5,7-10,17H,2,6,11-14H2,1H3,(H,25,27,28);1H. The maximum Gasteiger partial charge on any atom is 0.266 e. The van der Waals surface area contributed by atoms with Crippen molar-refractivity contribution in [2.75, 3.05) is 13.2 Å². The molecule has 0 aromatic heterocycles. The van der Waals surface area contributed by atoms with Crippen molar-refractivity contribution in [2.45, 2.75) is 38.6 Å². The maximum atomic E-state index is 13.1. The molecule has 1 N–H and O–H groups in total. The van der Waals surface area contributed by atoms with Gasteiger partial charge in [0.25, 0.3) is 11.8 Å². The zero-order valence-electron chi connectivity index (χ0n) is 17.8. The van der Waals surface area contributed by atoms with Crippen LogP contribution in [0.25, 0.3) is 0 Å². The molecule has 8 nitrogen and oxygen atoms in total. The molecule has 0 aliphatic carbocycles. The second kappa shape index (κ2) is 9.21. The highest BCUT2D eigenvalue weighted by Crippen LogP contribution is 2.33. The number of piperidine rings is 1. The van der Waals surface area contributed by atoms with Gasteiger partial charge in [0.1, 0.15) is 30.8 Å². The molecule has 4 rings (SSSR count). The van der Waals surface area contributed by atoms with E-state index in [1.54, 1.807) is 12.1 Å². The molecule has 32 heavy (non-hydrogen) atoms. The molecule has 2 aromatic carbocycles. The predicted molar refractivity (Wildman–Crippen MR) is 117 cm³/mol. The van der Waals surface area contributed by atoms with Crippen LogP contribution in [0.2, 0.25) is 0 Å². The number of fused-ring (bicyclic) bond motifs is 1. The van der Waals surface area contributed by atoms with Gasteiger partial charge in [-0.2, -0.15) is 0 Å². The number of carbonyl (C=O) groups excluding carboxylic acids is 4. The number of hydrogen-bond acceptors (Lipinski definition) is 6. The minimum Gasteiger partial charge on any atom is -0.490 e. The van der Waals surface area contributed by atoms with Crippen molar-refractivity contribution >= 4 is 23.6 Å². The summed E-state index contributed by atoms with van der Waals surface area (Å²) in [6, 6.07) is 11.6. The van der Waals surface area contributed by atoms with Crippen LogP contribution in [0.3, 0.4) is 0 Å². The first kappa shape index (κ1) is 21.5. The van der Waals surface area contributed by atoms with E-state index in [2.05, 4.69) is 12.2 Å². The third kappa shape index (κ3) is 4.08. The average molecular weight is 438 g/mol. The van der Waals surface area contributed by atoms with Crippen LogP contribution < -0.4 is 14.8 Å². The number of nitrogens with zero attached hydrogens (tertiary/aromatic N) is 1. The van der Waals surface area contributed by atoms with Gasteiger partial charge in [-0.1, -0.05) is 37.6 Å². The van der Waals surface area contributed by atoms with Crippen LogP contribution in [0.4, 0.5) is 0 Å². The van der Waals surface area contributed by atoms with Crippen molar-refractivity contribution in [3.63, 3.8) is 0 Å². The molecule has 0 bridgehead atoms. The molecule has 0 spiro atoms. The van der Waals surface area contributed by atoms with Gasteiger partial charge >= 0.3 is 0 Å². The Labute approximate surface area is 187 Å². The zero-order chi connectivity index (χ0) is 22.7. The SMILES string of the molecule is CCCc1ccccc1OCCOc1cccc2c1C(=O)N(C1CCC(=O)NC1=O)C2=O.[HH]. The van der Waals surface area contributed by atoms with Gasteiger partial charge in [0.05, 0.1) is 11.1 Å². The molecule has 1 fully saturated rings. The van der Waals surface area contributed by atoms with E-state index in [0.29, 0.717) is 0 Å². The molecule has 2 aliphatic heterocycles. The highest BCUT2D eigenvalue weighted by atomic mass is 16.5. The number of carbonyl (C=O) groups is 4. The van der Waals surface area contributed by atoms with E-state index in [1.165, 1.54) is 6.07 Å². The fourth-order valence-electron chi connectivity index (χ4n) is 4.03. The summed E-state index contributed by atoms with van der Waals surface area (Å²) in [5, 5.41) is 2.19. The molecule has 2 aliphatic rings. The Morgan fingerprint density at radius 3 is 2.44 bits per heavy atom. The van der Waals surface area contributed by atoms with Gasteiger partial charge < -0.3 is 9.47 Å². The number of ether oxygens (including phenoxy) is 2. The summed E-state index contributed by atoms with van der Waals surface area (Å²) < 4.78 is 11.6. The molecule has 1 saturated heterocycles. The topological polar surface area (TPSA) is 102 Å². The normalized spacial score (nSPS) is 17.9. The minimum atomic E-state index is -1.01. The third-order valence-electron chi connectivity index (χ3n) is 5.52. The van der Waals surface area contributed by atoms with Crippen LogP contribution in [0.15, 0.2) is 42.5 Å². The monoisotopic (exact) mass is 438 g/mol. The highest BCUT2D eigenvalue weighted by molar-refractivity contribution is 6.24. The van der Waals surface area contributed by atoms with Crippen molar-refractivity contribution in [2.24, 2.45) is 0 Å². The Kier molecular flexibility index (Phi) is 6.20. The molecule has 0 radical (unpaired) electrons. The number of benzene rings is 2. The van der Waals surface area contributed by atoms with E-state index >= 15 is 0 Å². The molecule has 2 aromatic rings. The van der Waals surface area contributed by atoms with Crippen molar-refractivity contribution in [1.29, 1.82) is 0 Å². The Bertz CT molecular complexity index is 1090. The summed E-state index contributed by atoms with van der Waals surface area (Å²) in [7, 11) is 0. The van der Waals surface area contributed by atoms with Crippen molar-refractivity contribution in [3.8, 4) is 11.5 Å². The van der Waals surface area contributed by atoms with Crippen molar-refractivity contribution in [1.82, 2.24) is 10.2 Å². The molecule has 168 valence electrons. The van der Waals surface area contributed by atoms with E-state index in [-0.39, 0.29) is 44.4 Å². The van der Waals surface area contributed by atoms with E-state index in [1.807, 2.05) is 24.3 Å². The lowest BCUT2D eigenvalue weighted by Gasteiger charge is -2.27. The number of imide groups is 2. The van der Waals surface area contributed by atoms with Gasteiger partial charge in [0.15, 0.2) is 0 Å². The van der Waals surface area contributed by atoms with E-state index in [4.69, 9.17) is 9.47 Å². The van der Waals surface area contributed by atoms with Crippen molar-refractivity contribution < 1.29 is 30.1 Å². The number of para-hydroxylation sites is 1. The lowest BCUT2D eigenvalue weighted by Crippen LogP contribution is -2.54. The molecule has 1 atom stereocenters. The molecule has 2 heterocycles. The summed E-state index contributed by atoms with van der Waals surface area (Å²) in [5.41, 5.74) is 1.44. The van der Waals surface area contributed by atoms with Gasteiger partial charge in [-0.25, -0.2) is 0 Å².